The number of rotatable bonds is 9. The minimum absolute atomic E-state index is 0.0291. The smallest absolute Gasteiger partial charge is 0.344 e. The van der Waals surface area contributed by atoms with Crippen LogP contribution in [-0.4, -0.2) is 71.8 Å². The van der Waals surface area contributed by atoms with Crippen LogP contribution in [0.15, 0.2) is 59.2 Å². The van der Waals surface area contributed by atoms with Crippen molar-refractivity contribution in [3.8, 4) is 5.75 Å². The molecule has 39 heavy (non-hydrogen) atoms. The van der Waals surface area contributed by atoms with Crippen molar-refractivity contribution < 1.29 is 28.6 Å². The summed E-state index contributed by atoms with van der Waals surface area (Å²) in [7, 11) is 1.81. The second kappa shape index (κ2) is 13.6. The van der Waals surface area contributed by atoms with Crippen molar-refractivity contribution in [1.29, 1.82) is 0 Å². The Morgan fingerprint density at radius 2 is 1.90 bits per heavy atom. The molecule has 1 fully saturated rings. The van der Waals surface area contributed by atoms with Crippen molar-refractivity contribution in [2.75, 3.05) is 33.3 Å². The fourth-order valence-electron chi connectivity index (χ4n) is 4.67. The number of hydrogen-bond acceptors (Lipinski definition) is 7. The summed E-state index contributed by atoms with van der Waals surface area (Å²) in [6.45, 7) is 11.1. The summed E-state index contributed by atoms with van der Waals surface area (Å²) >= 11 is 0. The number of β-amino-alcohol motifs (C(OH)–C–C–N with tert-alkyl or cyclic N) is 1. The minimum atomic E-state index is -0.586. The fourth-order valence-corrected chi connectivity index (χ4v) is 4.67. The molecule has 0 spiro atoms. The number of aliphatic hydroxyl groups is 1. The topological polar surface area (TPSA) is 92.5 Å². The van der Waals surface area contributed by atoms with Crippen LogP contribution in [0.5, 0.6) is 5.75 Å². The largest absolute Gasteiger partial charge is 0.482 e. The zero-order valence-electron chi connectivity index (χ0n) is 24.0. The number of aliphatic hydroxyl groups excluding tert-OH is 1. The predicted octanol–water partition coefficient (Wildman–Crippen LogP) is 4.99. The second-order valence-corrected chi connectivity index (χ2v) is 10.6. The van der Waals surface area contributed by atoms with Gasteiger partial charge in [0, 0.05) is 32.1 Å². The summed E-state index contributed by atoms with van der Waals surface area (Å²) in [4.78, 5) is 29.5. The zero-order chi connectivity index (χ0) is 28.6. The number of fused-ring (bicyclic) bond motifs is 1. The average molecular weight is 539 g/mol. The van der Waals surface area contributed by atoms with Crippen molar-refractivity contribution in [1.82, 2.24) is 9.80 Å². The van der Waals surface area contributed by atoms with Crippen LogP contribution in [0.3, 0.4) is 0 Å². The van der Waals surface area contributed by atoms with E-state index >= 15 is 0 Å². The summed E-state index contributed by atoms with van der Waals surface area (Å²) in [6.07, 6.45) is 2.23. The summed E-state index contributed by atoms with van der Waals surface area (Å²) in [5.41, 5.74) is 1.97. The molecule has 8 nitrogen and oxygen atoms in total. The number of nitrogens with zero attached hydrogens (tertiary/aromatic N) is 2. The van der Waals surface area contributed by atoms with Crippen LogP contribution in [0.4, 0.5) is 0 Å². The van der Waals surface area contributed by atoms with Crippen molar-refractivity contribution in [2.24, 2.45) is 0 Å². The molecule has 2 atom stereocenters. The van der Waals surface area contributed by atoms with Crippen LogP contribution in [0, 0.1) is 0 Å². The number of likely N-dealkylation sites (tertiary alicyclic amines) is 1. The summed E-state index contributed by atoms with van der Waals surface area (Å²) in [5, 5.41) is 11.0. The number of benzene rings is 2. The lowest BCUT2D eigenvalue weighted by Crippen LogP contribution is -2.39. The first-order chi connectivity index (χ1) is 18.6. The van der Waals surface area contributed by atoms with Crippen LogP contribution in [0.25, 0.3) is 11.0 Å². The number of ether oxygens (including phenoxy) is 2. The monoisotopic (exact) mass is 538 g/mol. The summed E-state index contributed by atoms with van der Waals surface area (Å²) < 4.78 is 16.6. The average Bonchev–Trinajstić information content (AvgIpc) is 3.55. The Kier molecular flexibility index (Phi) is 10.5. The molecule has 212 valence electrons. The van der Waals surface area contributed by atoms with E-state index in [1.807, 2.05) is 84.1 Å². The molecular weight excluding hydrogens is 496 g/mol. The molecule has 4 rings (SSSR count). The first-order valence-corrected chi connectivity index (χ1v) is 13.6. The van der Waals surface area contributed by atoms with Crippen molar-refractivity contribution >= 4 is 22.8 Å². The van der Waals surface area contributed by atoms with Crippen LogP contribution in [-0.2, 0) is 20.7 Å². The van der Waals surface area contributed by atoms with E-state index in [0.29, 0.717) is 25.3 Å². The highest BCUT2D eigenvalue weighted by molar-refractivity contribution is 5.87. The Morgan fingerprint density at radius 1 is 1.15 bits per heavy atom. The maximum absolute atomic E-state index is 13.5. The summed E-state index contributed by atoms with van der Waals surface area (Å²) in [5.74, 6) is 0.0542. The van der Waals surface area contributed by atoms with E-state index in [2.05, 4.69) is 4.90 Å². The van der Waals surface area contributed by atoms with Crippen molar-refractivity contribution in [2.45, 2.75) is 65.2 Å². The van der Waals surface area contributed by atoms with E-state index in [9.17, 15) is 14.7 Å². The van der Waals surface area contributed by atoms with Gasteiger partial charge in [-0.25, -0.2) is 4.79 Å². The highest BCUT2D eigenvalue weighted by Gasteiger charge is 2.29. The third kappa shape index (κ3) is 8.57. The molecule has 1 aliphatic heterocycles. The molecule has 1 amide bonds. The lowest BCUT2D eigenvalue weighted by Gasteiger charge is -2.32. The van der Waals surface area contributed by atoms with E-state index in [1.165, 1.54) is 0 Å². The van der Waals surface area contributed by atoms with Crippen LogP contribution < -0.4 is 4.74 Å². The third-order valence-electron chi connectivity index (χ3n) is 6.49. The van der Waals surface area contributed by atoms with Gasteiger partial charge in [0.25, 0.3) is 0 Å². The van der Waals surface area contributed by atoms with Gasteiger partial charge in [-0.2, -0.15) is 0 Å². The molecule has 0 radical (unpaired) electrons. The molecule has 1 unspecified atom stereocenters. The molecule has 2 aromatic carbocycles. The maximum Gasteiger partial charge on any atom is 0.344 e. The van der Waals surface area contributed by atoms with Gasteiger partial charge in [0.1, 0.15) is 16.9 Å². The van der Waals surface area contributed by atoms with Gasteiger partial charge >= 0.3 is 5.97 Å². The molecule has 0 aliphatic carbocycles. The lowest BCUT2D eigenvalue weighted by atomic mass is 10.0. The molecule has 3 aromatic rings. The van der Waals surface area contributed by atoms with Gasteiger partial charge in [-0.15, -0.1) is 0 Å². The quantitative estimate of drug-likeness (QED) is 0.384. The first kappa shape index (κ1) is 30.2. The second-order valence-electron chi connectivity index (χ2n) is 10.6. The van der Waals surface area contributed by atoms with Gasteiger partial charge in [-0.1, -0.05) is 38.1 Å². The Morgan fingerprint density at radius 3 is 2.59 bits per heavy atom. The van der Waals surface area contributed by atoms with Gasteiger partial charge in [0.2, 0.25) is 5.91 Å². The third-order valence-corrected chi connectivity index (χ3v) is 6.49. The van der Waals surface area contributed by atoms with Gasteiger partial charge in [-0.3, -0.25) is 9.69 Å². The number of carbonyl (C=O) groups is 2. The number of hydrogen-bond donors (Lipinski definition) is 1. The number of esters is 1. The van der Waals surface area contributed by atoms with Gasteiger partial charge < -0.3 is 23.9 Å². The highest BCUT2D eigenvalue weighted by Crippen LogP contribution is 2.28. The van der Waals surface area contributed by atoms with Crippen molar-refractivity contribution in [3.63, 3.8) is 0 Å². The molecule has 2 heterocycles. The molecule has 1 aromatic heterocycles. The Labute approximate surface area is 231 Å². The number of furan rings is 1. The predicted molar refractivity (Wildman–Crippen MR) is 152 cm³/mol. The molecule has 1 saturated heterocycles. The van der Waals surface area contributed by atoms with E-state index in [-0.39, 0.29) is 31.1 Å². The van der Waals surface area contributed by atoms with Gasteiger partial charge in [0.15, 0.2) is 6.61 Å². The summed E-state index contributed by atoms with van der Waals surface area (Å²) in [6, 6.07) is 14.8. The van der Waals surface area contributed by atoms with E-state index in [0.717, 1.165) is 28.6 Å². The Bertz CT molecular complexity index is 1230. The fraction of sp³-hybridized carbons (Fsp3) is 0.484. The molecule has 1 N–H and O–H groups in total. The SMILES string of the molecule is CC.CN(C(=O)Cc1cccc2occc12)[C@H](CN1CCC(O)C1)c1cccc(OCC(=O)OC(C)(C)C)c1. The molecular formula is C31H42N2O6. The highest BCUT2D eigenvalue weighted by atomic mass is 16.6. The normalized spacial score (nSPS) is 16.3. The van der Waals surface area contributed by atoms with Crippen LogP contribution in [0.2, 0.25) is 0 Å². The number of carbonyl (C=O) groups excluding carboxylic acids is 2. The Balaban J connectivity index is 0.00000205. The standard InChI is InChI=1S/C29H36N2O6.C2H6/c1-29(2,3)37-28(34)19-36-23-9-5-8-21(15-23)25(18-31-13-11-22(32)17-31)30(4)27(33)16-20-7-6-10-26-24(20)12-14-35-26;1-2/h5-10,12,14-15,22,25,32H,11,13,16-19H2,1-4H3;1-2H3/t22?,25-;/m1./s1. The van der Waals surface area contributed by atoms with E-state index < -0.39 is 11.6 Å². The zero-order valence-corrected chi connectivity index (χ0v) is 24.0. The molecule has 0 saturated carbocycles. The molecule has 0 bridgehead atoms. The van der Waals surface area contributed by atoms with E-state index in [1.54, 1.807) is 17.2 Å². The molecule has 8 heteroatoms. The lowest BCUT2D eigenvalue weighted by molar-refractivity contribution is -0.157. The van der Waals surface area contributed by atoms with Crippen LogP contribution >= 0.6 is 0 Å². The van der Waals surface area contributed by atoms with Gasteiger partial charge in [0.05, 0.1) is 24.8 Å². The first-order valence-electron chi connectivity index (χ1n) is 13.6. The maximum atomic E-state index is 13.5. The minimum Gasteiger partial charge on any atom is -0.482 e. The van der Waals surface area contributed by atoms with Gasteiger partial charge in [-0.05, 0) is 62.6 Å². The number of amides is 1. The number of likely N-dealkylation sites (N-methyl/N-ethyl adjacent to an activating group) is 1. The Hall–Kier alpha value is -3.36. The van der Waals surface area contributed by atoms with E-state index in [4.69, 9.17) is 13.9 Å². The van der Waals surface area contributed by atoms with Crippen LogP contribution in [0.1, 0.15) is 58.2 Å². The van der Waals surface area contributed by atoms with Crippen molar-refractivity contribution in [3.05, 3.63) is 65.9 Å². The molecule has 1 aliphatic rings.